The first-order chi connectivity index (χ1) is 17.6. The van der Waals surface area contributed by atoms with Crippen LogP contribution in [0.2, 0.25) is 5.02 Å². The van der Waals surface area contributed by atoms with Gasteiger partial charge in [-0.25, -0.2) is 13.2 Å². The first-order valence-corrected chi connectivity index (χ1v) is 14.2. The van der Waals surface area contributed by atoms with Gasteiger partial charge in [-0.1, -0.05) is 17.7 Å². The first kappa shape index (κ1) is 27.2. The van der Waals surface area contributed by atoms with Gasteiger partial charge in [-0.2, -0.15) is 14.1 Å². The Balaban J connectivity index is 1.63. The molecule has 0 saturated carbocycles. The van der Waals surface area contributed by atoms with Gasteiger partial charge in [0.1, 0.15) is 11.8 Å². The molecule has 1 aromatic carbocycles. The van der Waals surface area contributed by atoms with E-state index in [0.717, 1.165) is 0 Å². The second-order valence-electron chi connectivity index (χ2n) is 9.21. The van der Waals surface area contributed by atoms with Gasteiger partial charge in [0.25, 0.3) is 0 Å². The summed E-state index contributed by atoms with van der Waals surface area (Å²) in [7, 11) is -3.38. The number of nitrogens with zero attached hydrogens (tertiary/aromatic N) is 5. The molecule has 0 aliphatic carbocycles. The molecule has 0 bridgehead atoms. The van der Waals surface area contributed by atoms with Crippen LogP contribution in [0.4, 0.5) is 10.5 Å². The van der Waals surface area contributed by atoms with Crippen LogP contribution in [0, 0.1) is 0 Å². The predicted molar refractivity (Wildman–Crippen MR) is 140 cm³/mol. The lowest BCUT2D eigenvalue weighted by molar-refractivity contribution is 0.110. The third kappa shape index (κ3) is 5.86. The Morgan fingerprint density at radius 1 is 1.19 bits per heavy atom. The van der Waals surface area contributed by atoms with E-state index in [4.69, 9.17) is 21.1 Å². The van der Waals surface area contributed by atoms with Crippen molar-refractivity contribution in [3.05, 3.63) is 45.8 Å². The molecule has 11 nitrogen and oxygen atoms in total. The summed E-state index contributed by atoms with van der Waals surface area (Å²) in [6.07, 6.45) is 1.27. The molecular weight excluding hydrogens is 522 g/mol. The minimum Gasteiger partial charge on any atom is -0.481 e. The number of hydrogen-bond donors (Lipinski definition) is 0. The lowest BCUT2D eigenvalue weighted by Crippen LogP contribution is -2.50. The van der Waals surface area contributed by atoms with E-state index in [2.05, 4.69) is 5.10 Å². The number of hydrogen-bond acceptors (Lipinski definition) is 8. The molecule has 2 fully saturated rings. The van der Waals surface area contributed by atoms with Gasteiger partial charge >= 0.3 is 11.7 Å². The molecule has 4 rings (SSSR count). The van der Waals surface area contributed by atoms with Gasteiger partial charge in [0.15, 0.2) is 0 Å². The number of ether oxygens (including phenoxy) is 2. The molecule has 3 heterocycles. The highest BCUT2D eigenvalue weighted by Gasteiger charge is 2.33. The van der Waals surface area contributed by atoms with Crippen LogP contribution in [0.25, 0.3) is 5.69 Å². The van der Waals surface area contributed by atoms with E-state index < -0.39 is 33.0 Å². The van der Waals surface area contributed by atoms with E-state index in [-0.39, 0.29) is 32.0 Å². The minimum atomic E-state index is -3.38. The van der Waals surface area contributed by atoms with Gasteiger partial charge in [-0.05, 0) is 39.0 Å². The molecule has 202 valence electrons. The Bertz CT molecular complexity index is 1290. The molecule has 1 amide bonds. The molecule has 0 N–H and O–H groups in total. The summed E-state index contributed by atoms with van der Waals surface area (Å²) in [6.45, 7) is 7.43. The van der Waals surface area contributed by atoms with Gasteiger partial charge in [0, 0.05) is 44.2 Å². The van der Waals surface area contributed by atoms with Crippen molar-refractivity contribution in [3.63, 3.8) is 0 Å². The van der Waals surface area contributed by atoms with E-state index in [1.165, 1.54) is 8.99 Å². The molecule has 13 heteroatoms. The molecule has 0 unspecified atom stereocenters. The number of rotatable bonds is 7. The second kappa shape index (κ2) is 11.3. The topological polar surface area (TPSA) is 114 Å². The van der Waals surface area contributed by atoms with Gasteiger partial charge < -0.3 is 19.3 Å². The second-order valence-corrected chi connectivity index (χ2v) is 12.1. The predicted octanol–water partition coefficient (Wildman–Crippen LogP) is 2.36. The number of halogens is 1. The summed E-state index contributed by atoms with van der Waals surface area (Å²) in [5.41, 5.74) is 0.507. The number of likely N-dealkylation sites (tertiary alicyclic amines) is 1. The smallest absolute Gasteiger partial charge is 0.409 e. The lowest BCUT2D eigenvalue weighted by atomic mass is 10.2. The van der Waals surface area contributed by atoms with Crippen LogP contribution in [0.5, 0.6) is 5.75 Å². The quantitative estimate of drug-likeness (QED) is 0.513. The summed E-state index contributed by atoms with van der Waals surface area (Å²) in [4.78, 5) is 29.3. The number of benzene rings is 1. The molecule has 2 aliphatic heterocycles. The number of aromatic nitrogens is 2. The van der Waals surface area contributed by atoms with Crippen molar-refractivity contribution >= 4 is 33.4 Å². The number of sulfonamides is 1. The van der Waals surface area contributed by atoms with Crippen molar-refractivity contribution in [1.29, 1.82) is 0 Å². The molecule has 1 aromatic heterocycles. The summed E-state index contributed by atoms with van der Waals surface area (Å²) in [5.74, 6) is 0.103. The van der Waals surface area contributed by atoms with Crippen LogP contribution in [-0.4, -0.2) is 90.7 Å². The normalized spacial score (nSPS) is 18.9. The third-order valence-corrected chi connectivity index (χ3v) is 8.97. The number of carbonyl (C=O) groups is 1. The van der Waals surface area contributed by atoms with Crippen LogP contribution in [0.1, 0.15) is 27.2 Å². The fourth-order valence-corrected chi connectivity index (χ4v) is 5.86. The van der Waals surface area contributed by atoms with E-state index in [0.29, 0.717) is 42.5 Å². The minimum absolute atomic E-state index is 0.103. The third-order valence-electron chi connectivity index (χ3n) is 6.46. The van der Waals surface area contributed by atoms with Gasteiger partial charge in [-0.15, -0.1) is 0 Å². The van der Waals surface area contributed by atoms with E-state index >= 15 is 0 Å². The Morgan fingerprint density at radius 3 is 2.57 bits per heavy atom. The zero-order valence-electron chi connectivity index (χ0n) is 21.2. The van der Waals surface area contributed by atoms with Crippen LogP contribution >= 0.6 is 11.6 Å². The Morgan fingerprint density at radius 2 is 1.92 bits per heavy atom. The van der Waals surface area contributed by atoms with E-state index in [1.54, 1.807) is 56.1 Å². The van der Waals surface area contributed by atoms with Crippen molar-refractivity contribution < 1.29 is 22.7 Å². The number of carbonyl (C=O) groups excluding carboxylic acids is 1. The summed E-state index contributed by atoms with van der Waals surface area (Å²) < 4.78 is 39.2. The average Bonchev–Trinajstić information content (AvgIpc) is 3.34. The fraction of sp³-hybridized carbons (Fsp3) is 0.542. The largest absolute Gasteiger partial charge is 0.481 e. The highest BCUT2D eigenvalue weighted by Crippen LogP contribution is 2.29. The van der Waals surface area contributed by atoms with Gasteiger partial charge in [0.05, 0.1) is 30.3 Å². The van der Waals surface area contributed by atoms with Crippen molar-refractivity contribution in [2.45, 2.75) is 38.5 Å². The van der Waals surface area contributed by atoms with Crippen molar-refractivity contribution in [3.8, 4) is 11.4 Å². The molecule has 37 heavy (non-hydrogen) atoms. The van der Waals surface area contributed by atoms with Crippen molar-refractivity contribution in [2.75, 3.05) is 50.8 Å². The van der Waals surface area contributed by atoms with Crippen LogP contribution in [0.15, 0.2) is 35.3 Å². The summed E-state index contributed by atoms with van der Waals surface area (Å²) in [5, 5.41) is 4.32. The molecule has 2 aliphatic rings. The average molecular weight is 554 g/mol. The Hall–Kier alpha value is -2.83. The zero-order chi connectivity index (χ0) is 26.7. The highest BCUT2D eigenvalue weighted by molar-refractivity contribution is 7.89. The summed E-state index contributed by atoms with van der Waals surface area (Å²) in [6, 6.07) is 6.78. The molecule has 1 atom stereocenters. The van der Waals surface area contributed by atoms with Crippen molar-refractivity contribution in [2.24, 2.45) is 0 Å². The standard InChI is InChI=1S/C24H32ClN5O6S/c1-4-35-24(32)28-9-8-20(16-28)36-22-21(27-10-12-29(13-11-27)37(33,34)17(2)3)15-26-30(23(22)31)19-7-5-6-18(25)14-19/h5-7,14-15,17,20H,4,8-13,16H2,1-3H3/t20-/m1/s1. The lowest BCUT2D eigenvalue weighted by Gasteiger charge is -2.36. The number of anilines is 1. The van der Waals surface area contributed by atoms with Crippen LogP contribution in [0.3, 0.4) is 0 Å². The zero-order valence-corrected chi connectivity index (χ0v) is 22.7. The highest BCUT2D eigenvalue weighted by atomic mass is 35.5. The van der Waals surface area contributed by atoms with Crippen LogP contribution in [-0.2, 0) is 14.8 Å². The van der Waals surface area contributed by atoms with Crippen LogP contribution < -0.4 is 15.2 Å². The first-order valence-electron chi connectivity index (χ1n) is 12.3. The van der Waals surface area contributed by atoms with Gasteiger partial charge in [-0.3, -0.25) is 4.79 Å². The molecule has 2 aromatic rings. The number of amides is 1. The maximum Gasteiger partial charge on any atom is 0.409 e. The fourth-order valence-electron chi connectivity index (χ4n) is 4.41. The molecule has 0 spiro atoms. The molecule has 0 radical (unpaired) electrons. The SMILES string of the molecule is CCOC(=O)N1CC[C@@H](Oc2c(N3CCN(S(=O)(=O)C(C)C)CC3)cnn(-c3cccc(Cl)c3)c2=O)C1. The van der Waals surface area contributed by atoms with Crippen molar-refractivity contribution in [1.82, 2.24) is 19.0 Å². The monoisotopic (exact) mass is 553 g/mol. The van der Waals surface area contributed by atoms with E-state index in [1.807, 2.05) is 4.90 Å². The van der Waals surface area contributed by atoms with E-state index in [9.17, 15) is 18.0 Å². The number of piperazine rings is 1. The summed E-state index contributed by atoms with van der Waals surface area (Å²) >= 11 is 6.14. The Kier molecular flexibility index (Phi) is 8.29. The maximum atomic E-state index is 13.7. The Labute approximate surface area is 221 Å². The maximum absolute atomic E-state index is 13.7. The molecular formula is C24H32ClN5O6S. The molecule has 2 saturated heterocycles. The van der Waals surface area contributed by atoms with Gasteiger partial charge in [0.2, 0.25) is 15.8 Å².